The van der Waals surface area contributed by atoms with Gasteiger partial charge in [0.05, 0.1) is 12.7 Å². The third kappa shape index (κ3) is 2.50. The Morgan fingerprint density at radius 2 is 1.62 bits per heavy atom. The molecule has 6 N–H and O–H groups in total. The van der Waals surface area contributed by atoms with Crippen molar-refractivity contribution in [1.82, 2.24) is 0 Å². The van der Waals surface area contributed by atoms with Gasteiger partial charge in [-0.3, -0.25) is 0 Å². The van der Waals surface area contributed by atoms with Gasteiger partial charge in [0, 0.05) is 6.29 Å². The summed E-state index contributed by atoms with van der Waals surface area (Å²) < 4.78 is 4.53. The molecule has 1 fully saturated rings. The molecule has 0 radical (unpaired) electrons. The maximum absolute atomic E-state index is 11.1. The van der Waals surface area contributed by atoms with Gasteiger partial charge in [-0.15, -0.1) is 0 Å². The van der Waals surface area contributed by atoms with Crippen LogP contribution in [0.4, 0.5) is 0 Å². The van der Waals surface area contributed by atoms with Crippen LogP contribution >= 0.6 is 0 Å². The van der Waals surface area contributed by atoms with Gasteiger partial charge >= 0.3 is 0 Å². The van der Waals surface area contributed by atoms with E-state index >= 15 is 0 Å². The van der Waals surface area contributed by atoms with Crippen LogP contribution < -0.4 is 5.11 Å². The smallest absolute Gasteiger partial charge is 0.113 e. The van der Waals surface area contributed by atoms with Gasteiger partial charge < -0.3 is 40.5 Å². The number of hydrogen-bond acceptors (Lipinski definition) is 8. The molecule has 0 aromatic rings. The molecule has 96 valence electrons. The SMILES string of the molecule is [O-]C1OC(C(O)C(O)CO)C(O)C(O)C1O. The first-order valence-electron chi connectivity index (χ1n) is 4.72. The van der Waals surface area contributed by atoms with Crippen LogP contribution in [0.2, 0.25) is 0 Å². The van der Waals surface area contributed by atoms with Crippen LogP contribution in [0.1, 0.15) is 0 Å². The zero-order valence-corrected chi connectivity index (χ0v) is 8.25. The van der Waals surface area contributed by atoms with E-state index in [-0.39, 0.29) is 0 Å². The van der Waals surface area contributed by atoms with Crippen molar-refractivity contribution in [2.75, 3.05) is 6.61 Å². The molecule has 16 heavy (non-hydrogen) atoms. The standard InChI is InChI=1S/C8H15O8/c9-1-2(10)3(11)7-5(13)4(12)6(14)8(15)16-7/h2-14H,1H2/q-1. The van der Waals surface area contributed by atoms with Crippen molar-refractivity contribution in [3.63, 3.8) is 0 Å². The Labute approximate surface area is 91.0 Å². The van der Waals surface area contributed by atoms with Gasteiger partial charge in [-0.1, -0.05) is 0 Å². The molecule has 0 aromatic carbocycles. The number of hydrogen-bond donors (Lipinski definition) is 6. The van der Waals surface area contributed by atoms with E-state index in [0.29, 0.717) is 0 Å². The van der Waals surface area contributed by atoms with Gasteiger partial charge in [-0.2, -0.15) is 0 Å². The Morgan fingerprint density at radius 3 is 2.12 bits per heavy atom. The molecule has 0 aliphatic carbocycles. The van der Waals surface area contributed by atoms with Gasteiger partial charge in [0.1, 0.15) is 30.5 Å². The van der Waals surface area contributed by atoms with Crippen LogP contribution in [0.25, 0.3) is 0 Å². The molecule has 1 aliphatic rings. The third-order valence-electron chi connectivity index (χ3n) is 2.52. The summed E-state index contributed by atoms with van der Waals surface area (Å²) in [5.41, 5.74) is 0. The zero-order chi connectivity index (χ0) is 12.5. The van der Waals surface area contributed by atoms with E-state index < -0.39 is 49.5 Å². The molecule has 0 bridgehead atoms. The third-order valence-corrected chi connectivity index (χ3v) is 2.52. The Kier molecular flexibility index (Phi) is 4.59. The van der Waals surface area contributed by atoms with Gasteiger partial charge in [-0.25, -0.2) is 0 Å². The van der Waals surface area contributed by atoms with Crippen LogP contribution in [-0.2, 0) is 4.74 Å². The lowest BCUT2D eigenvalue weighted by molar-refractivity contribution is -0.535. The Morgan fingerprint density at radius 1 is 1.06 bits per heavy atom. The van der Waals surface area contributed by atoms with Gasteiger partial charge in [0.15, 0.2) is 0 Å². The summed E-state index contributed by atoms with van der Waals surface area (Å²) >= 11 is 0. The maximum atomic E-state index is 11.1. The maximum Gasteiger partial charge on any atom is 0.113 e. The lowest BCUT2D eigenvalue weighted by Crippen LogP contribution is -2.65. The lowest BCUT2D eigenvalue weighted by atomic mass is 9.93. The molecule has 7 atom stereocenters. The van der Waals surface area contributed by atoms with Crippen LogP contribution in [0.5, 0.6) is 0 Å². The summed E-state index contributed by atoms with van der Waals surface area (Å²) in [6.45, 7) is -0.796. The number of aliphatic hydroxyl groups is 6. The van der Waals surface area contributed by atoms with Crippen molar-refractivity contribution >= 4 is 0 Å². The van der Waals surface area contributed by atoms with E-state index in [2.05, 4.69) is 4.74 Å². The average molecular weight is 239 g/mol. The lowest BCUT2D eigenvalue weighted by Gasteiger charge is -2.45. The van der Waals surface area contributed by atoms with E-state index in [4.69, 9.17) is 15.3 Å². The minimum Gasteiger partial charge on any atom is -0.829 e. The second kappa shape index (κ2) is 5.34. The first-order chi connectivity index (χ1) is 7.40. The fourth-order valence-electron chi connectivity index (χ4n) is 1.48. The highest BCUT2D eigenvalue weighted by atomic mass is 16.6. The normalized spacial score (nSPS) is 44.1. The van der Waals surface area contributed by atoms with Crippen LogP contribution in [-0.4, -0.2) is 80.2 Å². The summed E-state index contributed by atoms with van der Waals surface area (Å²) in [5.74, 6) is 0. The Balaban J connectivity index is 2.73. The molecule has 1 aliphatic heterocycles. The molecule has 7 unspecified atom stereocenters. The Bertz CT molecular complexity index is 220. The molecule has 0 saturated carbocycles. The van der Waals surface area contributed by atoms with Crippen molar-refractivity contribution in [3.8, 4) is 0 Å². The van der Waals surface area contributed by atoms with Gasteiger partial charge in [0.2, 0.25) is 0 Å². The highest BCUT2D eigenvalue weighted by Crippen LogP contribution is 2.22. The first kappa shape index (κ1) is 13.7. The van der Waals surface area contributed by atoms with Crippen molar-refractivity contribution in [3.05, 3.63) is 0 Å². The second-order valence-corrected chi connectivity index (χ2v) is 3.68. The van der Waals surface area contributed by atoms with E-state index in [9.17, 15) is 20.4 Å². The fraction of sp³-hybridized carbons (Fsp3) is 1.00. The van der Waals surface area contributed by atoms with E-state index in [1.807, 2.05) is 0 Å². The van der Waals surface area contributed by atoms with E-state index in [1.165, 1.54) is 0 Å². The van der Waals surface area contributed by atoms with Crippen LogP contribution in [0.15, 0.2) is 0 Å². The number of ether oxygens (including phenoxy) is 1. The van der Waals surface area contributed by atoms with E-state index in [1.54, 1.807) is 0 Å². The molecule has 0 amide bonds. The second-order valence-electron chi connectivity index (χ2n) is 3.68. The van der Waals surface area contributed by atoms with Crippen molar-refractivity contribution in [2.24, 2.45) is 0 Å². The molecule has 1 saturated heterocycles. The number of aliphatic hydroxyl groups excluding tert-OH is 6. The van der Waals surface area contributed by atoms with Gasteiger partial charge in [0.25, 0.3) is 0 Å². The molecule has 0 spiro atoms. The minimum atomic E-state index is -2.04. The quantitative estimate of drug-likeness (QED) is 0.286. The first-order valence-corrected chi connectivity index (χ1v) is 4.72. The average Bonchev–Trinajstić information content (AvgIpc) is 2.29. The molecular weight excluding hydrogens is 224 g/mol. The highest BCUT2D eigenvalue weighted by Gasteiger charge is 2.44. The van der Waals surface area contributed by atoms with Crippen molar-refractivity contribution < 1.29 is 40.5 Å². The summed E-state index contributed by atoms with van der Waals surface area (Å²) in [6, 6.07) is 0. The summed E-state index contributed by atoms with van der Waals surface area (Å²) in [4.78, 5) is 0. The summed E-state index contributed by atoms with van der Waals surface area (Å²) in [7, 11) is 0. The summed E-state index contributed by atoms with van der Waals surface area (Å²) in [5, 5.41) is 65.9. The molecule has 8 heteroatoms. The fourth-order valence-corrected chi connectivity index (χ4v) is 1.48. The zero-order valence-electron chi connectivity index (χ0n) is 8.25. The van der Waals surface area contributed by atoms with Gasteiger partial charge in [-0.05, 0) is 0 Å². The predicted molar refractivity (Wildman–Crippen MR) is 45.8 cm³/mol. The summed E-state index contributed by atoms with van der Waals surface area (Å²) in [6.07, 6.45) is -12.3. The van der Waals surface area contributed by atoms with Crippen LogP contribution in [0, 0.1) is 0 Å². The van der Waals surface area contributed by atoms with Crippen molar-refractivity contribution in [1.29, 1.82) is 0 Å². The molecule has 0 aromatic heterocycles. The monoisotopic (exact) mass is 239 g/mol. The topological polar surface area (TPSA) is 154 Å². The molecule has 8 nitrogen and oxygen atoms in total. The Hall–Kier alpha value is -0.320. The predicted octanol–water partition coefficient (Wildman–Crippen LogP) is -5.13. The number of rotatable bonds is 3. The van der Waals surface area contributed by atoms with Crippen molar-refractivity contribution in [2.45, 2.75) is 42.9 Å². The van der Waals surface area contributed by atoms with Crippen LogP contribution in [0.3, 0.4) is 0 Å². The minimum absolute atomic E-state index is 0.796. The molecular formula is C8H15O8-. The largest absolute Gasteiger partial charge is 0.829 e. The molecule has 1 rings (SSSR count). The molecule has 1 heterocycles. The van der Waals surface area contributed by atoms with E-state index in [0.717, 1.165) is 0 Å². The highest BCUT2D eigenvalue weighted by molar-refractivity contribution is 4.93.